The lowest BCUT2D eigenvalue weighted by Gasteiger charge is -2.64. The van der Waals surface area contributed by atoms with Gasteiger partial charge in [-0.25, -0.2) is 0 Å². The molecule has 1 saturated heterocycles. The van der Waals surface area contributed by atoms with Gasteiger partial charge in [-0.15, -0.1) is 6.58 Å². The van der Waals surface area contributed by atoms with Crippen LogP contribution in [-0.4, -0.2) is 41.0 Å². The minimum Gasteiger partial charge on any atom is -0.504 e. The molecule has 2 aliphatic heterocycles. The minimum absolute atomic E-state index is 0.00111. The maximum absolute atomic E-state index is 12.7. The zero-order chi connectivity index (χ0) is 16.7. The summed E-state index contributed by atoms with van der Waals surface area (Å²) in [5, 5.41) is 10.4. The number of carbonyl (C=O) groups is 1. The van der Waals surface area contributed by atoms with E-state index in [0.29, 0.717) is 18.2 Å². The first-order chi connectivity index (χ1) is 11.5. The van der Waals surface area contributed by atoms with Crippen LogP contribution < -0.4 is 4.74 Å². The second-order valence-corrected chi connectivity index (χ2v) is 8.05. The van der Waals surface area contributed by atoms with Gasteiger partial charge in [0.2, 0.25) is 0 Å². The number of hydrogen-bond donors (Lipinski definition) is 1. The summed E-state index contributed by atoms with van der Waals surface area (Å²) in [6.07, 6.45) is 4.90. The number of nitrogens with zero attached hydrogens (tertiary/aromatic N) is 1. The van der Waals surface area contributed by atoms with Crippen molar-refractivity contribution >= 4 is 5.78 Å². The highest BCUT2D eigenvalue weighted by molar-refractivity contribution is 5.89. The predicted molar refractivity (Wildman–Crippen MR) is 90.4 cm³/mol. The van der Waals surface area contributed by atoms with E-state index in [1.807, 2.05) is 12.1 Å². The molecule has 4 nitrogen and oxygen atoms in total. The Kier molecular flexibility index (Phi) is 2.68. The third-order valence-corrected chi connectivity index (χ3v) is 7.30. The monoisotopic (exact) mass is 325 g/mol. The lowest BCUT2D eigenvalue weighted by Crippen LogP contribution is -2.71. The number of hydrogen-bond acceptors (Lipinski definition) is 4. The standard InChI is InChI=1S/C20H23NO3/c1-3-9-21-10-8-20-16-12-4-5-13(22)17(16)24-18(20)14(23)6-7-19(20,2)15(21)11-12/h3-5,15,18,22H,1,6-11H2,2H3/t15-,18+,19+,20+/m1/s1. The van der Waals surface area contributed by atoms with Gasteiger partial charge in [0.15, 0.2) is 23.4 Å². The quantitative estimate of drug-likeness (QED) is 0.849. The Hall–Kier alpha value is -1.81. The topological polar surface area (TPSA) is 49.8 Å². The van der Waals surface area contributed by atoms with Crippen LogP contribution in [-0.2, 0) is 16.6 Å². The van der Waals surface area contributed by atoms with Crippen LogP contribution in [0.4, 0.5) is 0 Å². The van der Waals surface area contributed by atoms with Gasteiger partial charge in [0.05, 0.1) is 5.41 Å². The number of aromatic hydroxyl groups is 1. The Balaban J connectivity index is 1.80. The molecular weight excluding hydrogens is 302 g/mol. The molecule has 2 heterocycles. The van der Waals surface area contributed by atoms with Crippen LogP contribution in [0.5, 0.6) is 11.5 Å². The van der Waals surface area contributed by atoms with E-state index < -0.39 is 6.10 Å². The normalized spacial score (nSPS) is 39.3. The highest BCUT2D eigenvalue weighted by Crippen LogP contribution is 2.68. The third kappa shape index (κ3) is 1.39. The lowest BCUT2D eigenvalue weighted by atomic mass is 9.44. The van der Waals surface area contributed by atoms with E-state index in [2.05, 4.69) is 18.4 Å². The molecule has 24 heavy (non-hydrogen) atoms. The minimum atomic E-state index is -0.424. The molecule has 1 aromatic carbocycles. The Morgan fingerprint density at radius 3 is 3.08 bits per heavy atom. The molecule has 1 N–H and O–H groups in total. The molecule has 2 aliphatic carbocycles. The molecule has 1 saturated carbocycles. The van der Waals surface area contributed by atoms with E-state index in [-0.39, 0.29) is 22.4 Å². The van der Waals surface area contributed by atoms with Gasteiger partial charge in [0.25, 0.3) is 0 Å². The summed E-state index contributed by atoms with van der Waals surface area (Å²) in [4.78, 5) is 15.3. The molecule has 0 unspecified atom stereocenters. The second-order valence-electron chi connectivity index (χ2n) is 8.05. The van der Waals surface area contributed by atoms with Crippen LogP contribution in [0.1, 0.15) is 37.3 Å². The summed E-state index contributed by atoms with van der Waals surface area (Å²) in [7, 11) is 0. The van der Waals surface area contributed by atoms with Crippen LogP contribution >= 0.6 is 0 Å². The summed E-state index contributed by atoms with van der Waals surface area (Å²) in [5.74, 6) is 0.959. The van der Waals surface area contributed by atoms with Crippen LogP contribution in [0.2, 0.25) is 0 Å². The van der Waals surface area contributed by atoms with Gasteiger partial charge in [-0.3, -0.25) is 9.69 Å². The summed E-state index contributed by atoms with van der Waals surface area (Å²) in [5.41, 5.74) is 2.11. The highest BCUT2D eigenvalue weighted by Gasteiger charge is 2.71. The summed E-state index contributed by atoms with van der Waals surface area (Å²) in [6, 6.07) is 4.15. The van der Waals surface area contributed by atoms with Crippen molar-refractivity contribution in [2.24, 2.45) is 5.41 Å². The molecule has 5 rings (SSSR count). The predicted octanol–water partition coefficient (Wildman–Crippen LogP) is 2.58. The van der Waals surface area contributed by atoms with Crippen LogP contribution in [0.3, 0.4) is 0 Å². The van der Waals surface area contributed by atoms with E-state index >= 15 is 0 Å². The van der Waals surface area contributed by atoms with Crippen molar-refractivity contribution in [1.29, 1.82) is 0 Å². The van der Waals surface area contributed by atoms with E-state index in [4.69, 9.17) is 4.74 Å². The van der Waals surface area contributed by atoms with Gasteiger partial charge in [-0.05, 0) is 42.9 Å². The molecule has 4 aliphatic rings. The molecule has 2 bridgehead atoms. The first kappa shape index (κ1) is 14.5. The average molecular weight is 325 g/mol. The Labute approximate surface area is 142 Å². The van der Waals surface area contributed by atoms with Crippen molar-refractivity contribution in [3.05, 3.63) is 35.9 Å². The van der Waals surface area contributed by atoms with Crippen molar-refractivity contribution in [2.75, 3.05) is 13.1 Å². The van der Waals surface area contributed by atoms with Crippen molar-refractivity contribution in [2.45, 2.75) is 50.2 Å². The van der Waals surface area contributed by atoms with Crippen molar-refractivity contribution in [1.82, 2.24) is 4.90 Å². The maximum atomic E-state index is 12.7. The van der Waals surface area contributed by atoms with Gasteiger partial charge in [-0.2, -0.15) is 0 Å². The Bertz CT molecular complexity index is 772. The van der Waals surface area contributed by atoms with E-state index in [0.717, 1.165) is 37.9 Å². The summed E-state index contributed by atoms with van der Waals surface area (Å²) >= 11 is 0. The number of rotatable bonds is 2. The number of phenols is 1. The number of ether oxygens (including phenoxy) is 1. The fraction of sp³-hybridized carbons (Fsp3) is 0.550. The van der Waals surface area contributed by atoms with Gasteiger partial charge in [0.1, 0.15) is 0 Å². The van der Waals surface area contributed by atoms with E-state index in [1.165, 1.54) is 5.56 Å². The molecule has 4 heteroatoms. The average Bonchev–Trinajstić information content (AvgIpc) is 2.91. The first-order valence-electron chi connectivity index (χ1n) is 8.92. The Morgan fingerprint density at radius 1 is 1.46 bits per heavy atom. The fourth-order valence-corrected chi connectivity index (χ4v) is 6.23. The molecule has 4 atom stereocenters. The third-order valence-electron chi connectivity index (χ3n) is 7.30. The SMILES string of the molecule is C=CCN1CC[C@]23c4c5ccc(O)c4O[C@H]2C(=O)CC[C@@]3(C)[C@H]1C5. The number of Topliss-reactive ketones (excluding diaryl/α,β-unsaturated/α-hetero) is 1. The number of likely N-dealkylation sites (tertiary alicyclic amines) is 1. The number of carbonyl (C=O) groups excluding carboxylic acids is 1. The van der Waals surface area contributed by atoms with Gasteiger partial charge >= 0.3 is 0 Å². The summed E-state index contributed by atoms with van der Waals surface area (Å²) < 4.78 is 6.14. The van der Waals surface area contributed by atoms with E-state index in [1.54, 1.807) is 6.07 Å². The second kappa shape index (κ2) is 4.42. The molecule has 2 fully saturated rings. The van der Waals surface area contributed by atoms with Crippen molar-refractivity contribution < 1.29 is 14.6 Å². The van der Waals surface area contributed by atoms with Crippen LogP contribution in [0.15, 0.2) is 24.8 Å². The lowest BCUT2D eigenvalue weighted by molar-refractivity contribution is -0.151. The number of ketones is 1. The van der Waals surface area contributed by atoms with Gasteiger partial charge < -0.3 is 9.84 Å². The maximum Gasteiger partial charge on any atom is 0.174 e. The molecular formula is C20H23NO3. The number of benzene rings is 1. The molecule has 0 aromatic heterocycles. The first-order valence-corrected chi connectivity index (χ1v) is 8.92. The summed E-state index contributed by atoms with van der Waals surface area (Å²) in [6.45, 7) is 8.11. The number of phenolic OH excluding ortho intramolecular Hbond substituents is 1. The molecule has 0 amide bonds. The number of piperidine rings is 1. The Morgan fingerprint density at radius 2 is 2.29 bits per heavy atom. The smallest absolute Gasteiger partial charge is 0.174 e. The molecule has 1 aromatic rings. The van der Waals surface area contributed by atoms with Crippen molar-refractivity contribution in [3.8, 4) is 11.5 Å². The van der Waals surface area contributed by atoms with Crippen molar-refractivity contribution in [3.63, 3.8) is 0 Å². The molecule has 1 spiro atoms. The highest BCUT2D eigenvalue weighted by atomic mass is 16.5. The van der Waals surface area contributed by atoms with Gasteiger partial charge in [-0.1, -0.05) is 19.1 Å². The molecule has 126 valence electrons. The van der Waals surface area contributed by atoms with Gasteiger partial charge in [0, 0.05) is 24.6 Å². The van der Waals surface area contributed by atoms with Crippen LogP contribution in [0.25, 0.3) is 0 Å². The largest absolute Gasteiger partial charge is 0.504 e. The van der Waals surface area contributed by atoms with E-state index in [9.17, 15) is 9.90 Å². The molecule has 0 radical (unpaired) electrons. The van der Waals surface area contributed by atoms with Crippen LogP contribution in [0, 0.1) is 5.41 Å². The zero-order valence-corrected chi connectivity index (χ0v) is 14.0. The fourth-order valence-electron chi connectivity index (χ4n) is 6.23. The zero-order valence-electron chi connectivity index (χ0n) is 14.0.